The number of ether oxygens (including phenoxy) is 1. The van der Waals surface area contributed by atoms with E-state index in [0.717, 1.165) is 10.0 Å². The predicted molar refractivity (Wildman–Crippen MR) is 97.4 cm³/mol. The summed E-state index contributed by atoms with van der Waals surface area (Å²) in [7, 11) is 0. The number of pyridine rings is 1. The van der Waals surface area contributed by atoms with Crippen molar-refractivity contribution in [3.8, 4) is 0 Å². The summed E-state index contributed by atoms with van der Waals surface area (Å²) in [6.07, 6.45) is 1.47. The van der Waals surface area contributed by atoms with Crippen LogP contribution in [0.3, 0.4) is 0 Å². The number of halogens is 2. The molecule has 0 saturated carbocycles. The number of fused-ring (bicyclic) bond motifs is 1. The Morgan fingerprint density at radius 1 is 1.24 bits per heavy atom. The smallest absolute Gasteiger partial charge is 0.343 e. The Hall–Kier alpha value is -2.47. The van der Waals surface area contributed by atoms with Crippen LogP contribution in [0.2, 0.25) is 0 Å². The summed E-state index contributed by atoms with van der Waals surface area (Å²) in [6.45, 7) is 2.18. The standard InChI is InChI=1S/C19H15BrFNO3/c1-2-25-19(24)16-11-22(10-12-4-3-5-14(21)8-12)17-9-13(20)6-7-15(17)18(16)23/h3-9,11H,2,10H2,1H3. The Labute approximate surface area is 152 Å². The summed E-state index contributed by atoms with van der Waals surface area (Å²) < 4.78 is 21.0. The number of hydrogen-bond acceptors (Lipinski definition) is 3. The van der Waals surface area contributed by atoms with Crippen LogP contribution in [0.15, 0.2) is 57.9 Å². The minimum absolute atomic E-state index is 0.0342. The summed E-state index contributed by atoms with van der Waals surface area (Å²) in [5.41, 5.74) is 0.959. The van der Waals surface area contributed by atoms with E-state index >= 15 is 0 Å². The zero-order valence-electron chi connectivity index (χ0n) is 13.5. The molecule has 1 heterocycles. The molecule has 2 aromatic carbocycles. The number of hydrogen-bond donors (Lipinski definition) is 0. The van der Waals surface area contributed by atoms with Gasteiger partial charge in [0.2, 0.25) is 5.43 Å². The highest BCUT2D eigenvalue weighted by molar-refractivity contribution is 9.10. The van der Waals surface area contributed by atoms with E-state index in [1.165, 1.54) is 18.3 Å². The lowest BCUT2D eigenvalue weighted by molar-refractivity contribution is 0.0524. The van der Waals surface area contributed by atoms with Crippen LogP contribution in [0.5, 0.6) is 0 Å². The molecule has 25 heavy (non-hydrogen) atoms. The molecular formula is C19H15BrFNO3. The lowest BCUT2D eigenvalue weighted by Gasteiger charge is -2.14. The van der Waals surface area contributed by atoms with Crippen molar-refractivity contribution in [1.29, 1.82) is 0 Å². The first-order valence-corrected chi connectivity index (χ1v) is 8.53. The molecule has 0 amide bonds. The molecule has 0 saturated heterocycles. The topological polar surface area (TPSA) is 48.3 Å². The third-order valence-corrected chi connectivity index (χ3v) is 4.27. The van der Waals surface area contributed by atoms with Gasteiger partial charge in [-0.25, -0.2) is 9.18 Å². The highest BCUT2D eigenvalue weighted by Crippen LogP contribution is 2.20. The summed E-state index contributed by atoms with van der Waals surface area (Å²) in [6, 6.07) is 11.4. The van der Waals surface area contributed by atoms with Crippen molar-refractivity contribution in [1.82, 2.24) is 4.57 Å². The minimum atomic E-state index is -0.662. The maximum atomic E-state index is 13.5. The maximum Gasteiger partial charge on any atom is 0.343 e. The van der Waals surface area contributed by atoms with Crippen LogP contribution in [0.1, 0.15) is 22.8 Å². The van der Waals surface area contributed by atoms with Crippen LogP contribution >= 0.6 is 15.9 Å². The SMILES string of the molecule is CCOC(=O)c1cn(Cc2cccc(F)c2)c2cc(Br)ccc2c1=O. The van der Waals surface area contributed by atoms with E-state index in [4.69, 9.17) is 4.74 Å². The van der Waals surface area contributed by atoms with Gasteiger partial charge < -0.3 is 9.30 Å². The van der Waals surface area contributed by atoms with Gasteiger partial charge in [-0.15, -0.1) is 0 Å². The number of carbonyl (C=O) groups excluding carboxylic acids is 1. The molecule has 6 heteroatoms. The van der Waals surface area contributed by atoms with Gasteiger partial charge in [-0.1, -0.05) is 28.1 Å². The molecule has 4 nitrogen and oxygen atoms in total. The van der Waals surface area contributed by atoms with E-state index in [-0.39, 0.29) is 23.4 Å². The Kier molecular flexibility index (Phi) is 4.99. The summed E-state index contributed by atoms with van der Waals surface area (Å²) in [5, 5.41) is 0.408. The first kappa shape index (κ1) is 17.4. The molecular weight excluding hydrogens is 389 g/mol. The van der Waals surface area contributed by atoms with Gasteiger partial charge in [0.1, 0.15) is 11.4 Å². The van der Waals surface area contributed by atoms with Crippen molar-refractivity contribution < 1.29 is 13.9 Å². The van der Waals surface area contributed by atoms with E-state index in [1.807, 2.05) is 0 Å². The molecule has 0 aliphatic heterocycles. The molecule has 0 bridgehead atoms. The highest BCUT2D eigenvalue weighted by Gasteiger charge is 2.17. The Bertz CT molecular complexity index is 1010. The van der Waals surface area contributed by atoms with Gasteiger partial charge >= 0.3 is 5.97 Å². The van der Waals surface area contributed by atoms with E-state index in [2.05, 4.69) is 15.9 Å². The molecule has 3 rings (SSSR count). The van der Waals surface area contributed by atoms with Gasteiger partial charge in [0.25, 0.3) is 0 Å². The Morgan fingerprint density at radius 2 is 2.04 bits per heavy atom. The zero-order chi connectivity index (χ0) is 18.0. The fourth-order valence-corrected chi connectivity index (χ4v) is 3.03. The fraction of sp³-hybridized carbons (Fsp3) is 0.158. The normalized spacial score (nSPS) is 10.8. The van der Waals surface area contributed by atoms with Crippen LogP contribution in [-0.2, 0) is 11.3 Å². The molecule has 0 aliphatic carbocycles. The van der Waals surface area contributed by atoms with Crippen molar-refractivity contribution in [2.24, 2.45) is 0 Å². The van der Waals surface area contributed by atoms with E-state index < -0.39 is 5.97 Å². The van der Waals surface area contributed by atoms with Crippen LogP contribution in [0, 0.1) is 5.82 Å². The van der Waals surface area contributed by atoms with Gasteiger partial charge in [-0.2, -0.15) is 0 Å². The third kappa shape index (κ3) is 3.64. The molecule has 0 N–H and O–H groups in total. The van der Waals surface area contributed by atoms with Gasteiger partial charge in [0, 0.05) is 22.6 Å². The van der Waals surface area contributed by atoms with Gasteiger partial charge in [0.15, 0.2) is 0 Å². The average Bonchev–Trinajstić information content (AvgIpc) is 2.57. The lowest BCUT2D eigenvalue weighted by Crippen LogP contribution is -2.21. The largest absolute Gasteiger partial charge is 0.462 e. The Morgan fingerprint density at radius 3 is 2.76 bits per heavy atom. The predicted octanol–water partition coefficient (Wildman–Crippen LogP) is 4.13. The lowest BCUT2D eigenvalue weighted by atomic mass is 10.1. The quantitative estimate of drug-likeness (QED) is 0.615. The molecule has 1 aromatic heterocycles. The summed E-state index contributed by atoms with van der Waals surface area (Å²) in [4.78, 5) is 24.8. The van der Waals surface area contributed by atoms with Gasteiger partial charge in [0.05, 0.1) is 12.1 Å². The molecule has 0 fully saturated rings. The fourth-order valence-electron chi connectivity index (χ4n) is 2.68. The first-order valence-electron chi connectivity index (χ1n) is 7.74. The monoisotopic (exact) mass is 403 g/mol. The van der Waals surface area contributed by atoms with Crippen molar-refractivity contribution >= 4 is 32.8 Å². The number of nitrogens with zero attached hydrogens (tertiary/aromatic N) is 1. The number of benzene rings is 2. The molecule has 0 spiro atoms. The van der Waals surface area contributed by atoms with E-state index in [0.29, 0.717) is 17.4 Å². The van der Waals surface area contributed by atoms with Crippen LogP contribution < -0.4 is 5.43 Å². The average molecular weight is 404 g/mol. The summed E-state index contributed by atoms with van der Waals surface area (Å²) in [5.74, 6) is -1.00. The molecule has 128 valence electrons. The van der Waals surface area contributed by atoms with Crippen LogP contribution in [0.4, 0.5) is 4.39 Å². The third-order valence-electron chi connectivity index (χ3n) is 3.78. The van der Waals surface area contributed by atoms with Gasteiger partial charge in [-0.05, 0) is 42.8 Å². The summed E-state index contributed by atoms with van der Waals surface area (Å²) >= 11 is 3.39. The van der Waals surface area contributed by atoms with E-state index in [1.54, 1.807) is 41.8 Å². The second kappa shape index (κ2) is 7.19. The van der Waals surface area contributed by atoms with Crippen molar-refractivity contribution in [2.45, 2.75) is 13.5 Å². The minimum Gasteiger partial charge on any atom is -0.462 e. The molecule has 3 aromatic rings. The molecule has 0 atom stereocenters. The van der Waals surface area contributed by atoms with Crippen molar-refractivity contribution in [3.05, 3.63) is 80.3 Å². The zero-order valence-corrected chi connectivity index (χ0v) is 15.0. The number of esters is 1. The molecule has 0 radical (unpaired) electrons. The molecule has 0 aliphatic rings. The van der Waals surface area contributed by atoms with E-state index in [9.17, 15) is 14.0 Å². The van der Waals surface area contributed by atoms with Crippen molar-refractivity contribution in [3.63, 3.8) is 0 Å². The second-order valence-electron chi connectivity index (χ2n) is 5.51. The van der Waals surface area contributed by atoms with Crippen LogP contribution in [0.25, 0.3) is 10.9 Å². The second-order valence-corrected chi connectivity index (χ2v) is 6.43. The number of aromatic nitrogens is 1. The van der Waals surface area contributed by atoms with Crippen LogP contribution in [-0.4, -0.2) is 17.1 Å². The first-order chi connectivity index (χ1) is 12.0. The van der Waals surface area contributed by atoms with Crippen molar-refractivity contribution in [2.75, 3.05) is 6.61 Å². The molecule has 0 unspecified atom stereocenters. The number of carbonyl (C=O) groups is 1. The maximum absolute atomic E-state index is 13.5. The highest BCUT2D eigenvalue weighted by atomic mass is 79.9. The Balaban J connectivity index is 2.21. The van der Waals surface area contributed by atoms with Gasteiger partial charge in [-0.3, -0.25) is 4.79 Å². The number of rotatable bonds is 4.